The molecule has 124 valence electrons. The Morgan fingerprint density at radius 1 is 0.840 bits per heavy atom. The third-order valence-corrected chi connectivity index (χ3v) is 6.14. The molecule has 6 heteroatoms. The Morgan fingerprint density at radius 3 is 2.24 bits per heavy atom. The van der Waals surface area contributed by atoms with Crippen LogP contribution in [0.4, 0.5) is 0 Å². The molecule has 0 fully saturated rings. The lowest BCUT2D eigenvalue weighted by Gasteiger charge is -2.09. The number of fused-ring (bicyclic) bond motifs is 3. The average Bonchev–Trinajstić information content (AvgIpc) is 2.96. The first-order valence-corrected chi connectivity index (χ1v) is 9.34. The van der Waals surface area contributed by atoms with Crippen LogP contribution >= 0.6 is 11.6 Å². The van der Waals surface area contributed by atoms with Gasteiger partial charge >= 0.3 is 0 Å². The second-order valence-corrected chi connectivity index (χ2v) is 7.86. The maximum absolute atomic E-state index is 13.3. The SMILES string of the molecule is O=Cc1ccc2c3ccccc3n(S(=O)(=O)c3ccc(Cl)cc3)c2c1. The lowest BCUT2D eigenvalue weighted by Crippen LogP contribution is -2.12. The fraction of sp³-hybridized carbons (Fsp3) is 0. The van der Waals surface area contributed by atoms with Crippen LogP contribution in [-0.2, 0) is 10.0 Å². The van der Waals surface area contributed by atoms with Crippen molar-refractivity contribution in [3.05, 3.63) is 77.3 Å². The van der Waals surface area contributed by atoms with Gasteiger partial charge in [0.15, 0.2) is 0 Å². The number of nitrogens with zero attached hydrogens (tertiary/aromatic N) is 1. The van der Waals surface area contributed by atoms with Gasteiger partial charge in [-0.05, 0) is 36.4 Å². The predicted octanol–water partition coefficient (Wildman–Crippen LogP) is 4.50. The summed E-state index contributed by atoms with van der Waals surface area (Å²) in [5.41, 5.74) is 1.46. The first-order chi connectivity index (χ1) is 12.0. The highest BCUT2D eigenvalue weighted by molar-refractivity contribution is 7.90. The van der Waals surface area contributed by atoms with E-state index in [1.807, 2.05) is 12.1 Å². The van der Waals surface area contributed by atoms with Crippen molar-refractivity contribution < 1.29 is 13.2 Å². The quantitative estimate of drug-likeness (QED) is 0.500. The topological polar surface area (TPSA) is 56.1 Å². The van der Waals surface area contributed by atoms with Crippen LogP contribution < -0.4 is 0 Å². The molecule has 0 spiro atoms. The Balaban J connectivity index is 2.14. The van der Waals surface area contributed by atoms with Gasteiger partial charge in [-0.25, -0.2) is 12.4 Å². The highest BCUT2D eigenvalue weighted by Gasteiger charge is 2.23. The van der Waals surface area contributed by atoms with Crippen molar-refractivity contribution in [3.8, 4) is 0 Å². The van der Waals surface area contributed by atoms with Gasteiger partial charge in [0.05, 0.1) is 15.9 Å². The van der Waals surface area contributed by atoms with Crippen LogP contribution in [0.3, 0.4) is 0 Å². The summed E-state index contributed by atoms with van der Waals surface area (Å²) >= 11 is 5.88. The number of para-hydroxylation sites is 1. The number of carbonyl (C=O) groups excluding carboxylic acids is 1. The molecule has 4 rings (SSSR count). The number of carbonyl (C=O) groups is 1. The van der Waals surface area contributed by atoms with Crippen LogP contribution in [0.25, 0.3) is 21.8 Å². The van der Waals surface area contributed by atoms with Gasteiger partial charge in [-0.15, -0.1) is 0 Å². The van der Waals surface area contributed by atoms with Gasteiger partial charge in [0.2, 0.25) is 0 Å². The van der Waals surface area contributed by atoms with Crippen LogP contribution in [0.5, 0.6) is 0 Å². The normalized spacial score (nSPS) is 11.9. The third-order valence-electron chi connectivity index (χ3n) is 4.14. The number of rotatable bonds is 3. The van der Waals surface area contributed by atoms with Crippen LogP contribution in [0.2, 0.25) is 5.02 Å². The summed E-state index contributed by atoms with van der Waals surface area (Å²) in [6.07, 6.45) is 0.705. The maximum Gasteiger partial charge on any atom is 0.268 e. The van der Waals surface area contributed by atoms with Crippen LogP contribution in [0.1, 0.15) is 10.4 Å². The Labute approximate surface area is 149 Å². The van der Waals surface area contributed by atoms with Crippen LogP contribution in [0.15, 0.2) is 71.6 Å². The van der Waals surface area contributed by atoms with Crippen molar-refractivity contribution in [3.63, 3.8) is 0 Å². The van der Waals surface area contributed by atoms with Crippen molar-refractivity contribution in [2.75, 3.05) is 0 Å². The summed E-state index contributed by atoms with van der Waals surface area (Å²) in [5.74, 6) is 0. The zero-order valence-electron chi connectivity index (χ0n) is 12.9. The van der Waals surface area contributed by atoms with Crippen LogP contribution in [-0.4, -0.2) is 18.7 Å². The van der Waals surface area contributed by atoms with E-state index in [1.165, 1.54) is 16.1 Å². The van der Waals surface area contributed by atoms with Crippen molar-refractivity contribution in [1.82, 2.24) is 3.97 Å². The lowest BCUT2D eigenvalue weighted by atomic mass is 10.1. The average molecular weight is 370 g/mol. The minimum atomic E-state index is -3.85. The molecular formula is C19H12ClNO3S. The van der Waals surface area contributed by atoms with E-state index < -0.39 is 10.0 Å². The summed E-state index contributed by atoms with van der Waals surface area (Å²) < 4.78 is 27.8. The van der Waals surface area contributed by atoms with Crippen molar-refractivity contribution in [2.24, 2.45) is 0 Å². The summed E-state index contributed by atoms with van der Waals surface area (Å²) in [6, 6.07) is 18.3. The first-order valence-electron chi connectivity index (χ1n) is 7.52. The number of hydrogen-bond donors (Lipinski definition) is 0. The number of aldehydes is 1. The van der Waals surface area contributed by atoms with E-state index in [0.717, 1.165) is 10.8 Å². The molecule has 25 heavy (non-hydrogen) atoms. The molecule has 0 saturated carbocycles. The Bertz CT molecular complexity index is 1220. The second kappa shape index (κ2) is 5.72. The molecule has 0 atom stereocenters. The third kappa shape index (κ3) is 2.44. The van der Waals surface area contributed by atoms with Gasteiger partial charge < -0.3 is 0 Å². The van der Waals surface area contributed by atoms with Crippen LogP contribution in [0, 0.1) is 0 Å². The van der Waals surface area contributed by atoms with E-state index in [0.29, 0.717) is 27.9 Å². The molecule has 0 N–H and O–H groups in total. The van der Waals surface area contributed by atoms with Gasteiger partial charge in [0.1, 0.15) is 6.29 Å². The molecule has 1 heterocycles. The number of halogens is 1. The van der Waals surface area contributed by atoms with Gasteiger partial charge in [-0.3, -0.25) is 4.79 Å². The molecule has 0 radical (unpaired) electrons. The van der Waals surface area contributed by atoms with E-state index in [-0.39, 0.29) is 4.90 Å². The minimum Gasteiger partial charge on any atom is -0.298 e. The molecule has 0 aliphatic carbocycles. The zero-order valence-corrected chi connectivity index (χ0v) is 14.5. The smallest absolute Gasteiger partial charge is 0.268 e. The standard InChI is InChI=1S/C19H12ClNO3S/c20-14-6-8-15(9-7-14)25(23,24)21-18-4-2-1-3-16(18)17-10-5-13(12-22)11-19(17)21/h1-12H. The minimum absolute atomic E-state index is 0.135. The van der Waals surface area contributed by atoms with E-state index >= 15 is 0 Å². The van der Waals surface area contributed by atoms with Crippen molar-refractivity contribution in [1.29, 1.82) is 0 Å². The Morgan fingerprint density at radius 2 is 1.52 bits per heavy atom. The molecule has 0 aliphatic heterocycles. The fourth-order valence-corrected chi connectivity index (χ4v) is 4.64. The van der Waals surface area contributed by atoms with E-state index in [1.54, 1.807) is 42.5 Å². The van der Waals surface area contributed by atoms with Gasteiger partial charge in [0, 0.05) is 21.4 Å². The highest BCUT2D eigenvalue weighted by Crippen LogP contribution is 2.33. The fourth-order valence-electron chi connectivity index (χ4n) is 3.00. The summed E-state index contributed by atoms with van der Waals surface area (Å²) in [7, 11) is -3.85. The molecule has 0 saturated heterocycles. The Hall–Kier alpha value is -2.63. The molecule has 0 amide bonds. The summed E-state index contributed by atoms with van der Waals surface area (Å²) in [4.78, 5) is 11.3. The van der Waals surface area contributed by atoms with Gasteiger partial charge in [-0.2, -0.15) is 0 Å². The molecule has 4 nitrogen and oxygen atoms in total. The van der Waals surface area contributed by atoms with E-state index in [2.05, 4.69) is 0 Å². The van der Waals surface area contributed by atoms with Crippen molar-refractivity contribution >= 4 is 49.7 Å². The van der Waals surface area contributed by atoms with Gasteiger partial charge in [-0.1, -0.05) is 41.9 Å². The summed E-state index contributed by atoms with van der Waals surface area (Å²) in [6.45, 7) is 0. The Kier molecular flexibility index (Phi) is 3.63. The molecule has 4 aromatic rings. The van der Waals surface area contributed by atoms with Gasteiger partial charge in [0.25, 0.3) is 10.0 Å². The summed E-state index contributed by atoms with van der Waals surface area (Å²) in [5, 5.41) is 2.05. The molecule has 3 aromatic carbocycles. The molecular weight excluding hydrogens is 358 g/mol. The lowest BCUT2D eigenvalue weighted by molar-refractivity contribution is 0.112. The monoisotopic (exact) mass is 369 g/mol. The number of aromatic nitrogens is 1. The van der Waals surface area contributed by atoms with E-state index in [9.17, 15) is 13.2 Å². The number of hydrogen-bond acceptors (Lipinski definition) is 3. The highest BCUT2D eigenvalue weighted by atomic mass is 35.5. The van der Waals surface area contributed by atoms with Crippen molar-refractivity contribution in [2.45, 2.75) is 4.90 Å². The van der Waals surface area contributed by atoms with E-state index in [4.69, 9.17) is 11.6 Å². The first kappa shape index (κ1) is 15.9. The molecule has 0 bridgehead atoms. The number of benzene rings is 3. The predicted molar refractivity (Wildman–Crippen MR) is 98.9 cm³/mol. The molecule has 1 aromatic heterocycles. The largest absolute Gasteiger partial charge is 0.298 e. The second-order valence-electron chi connectivity index (χ2n) is 5.63. The molecule has 0 unspecified atom stereocenters. The maximum atomic E-state index is 13.3. The zero-order chi connectivity index (χ0) is 17.6. The molecule has 0 aliphatic rings.